The van der Waals surface area contributed by atoms with Gasteiger partial charge in [0.1, 0.15) is 6.29 Å². The summed E-state index contributed by atoms with van der Waals surface area (Å²) in [6.07, 6.45) is 5.56. The van der Waals surface area contributed by atoms with Crippen LogP contribution in [0.4, 0.5) is 10.5 Å². The Balaban J connectivity index is 1.56. The molecule has 1 N–H and O–H groups in total. The Morgan fingerprint density at radius 3 is 2.52 bits per heavy atom. The molecule has 124 valence electrons. The highest BCUT2D eigenvalue weighted by molar-refractivity contribution is 5.92. The van der Waals surface area contributed by atoms with Gasteiger partial charge in [0.25, 0.3) is 0 Å². The highest BCUT2D eigenvalue weighted by atomic mass is 16.2. The van der Waals surface area contributed by atoms with Crippen LogP contribution >= 0.6 is 0 Å². The molecule has 0 aliphatic carbocycles. The molecule has 0 bridgehead atoms. The summed E-state index contributed by atoms with van der Waals surface area (Å²) < 4.78 is 0. The highest BCUT2D eigenvalue weighted by Gasteiger charge is 2.28. The molecule has 2 saturated heterocycles. The van der Waals surface area contributed by atoms with E-state index >= 15 is 0 Å². The van der Waals surface area contributed by atoms with Crippen LogP contribution in [0.15, 0.2) is 18.2 Å². The van der Waals surface area contributed by atoms with Crippen LogP contribution in [0.3, 0.4) is 0 Å². The van der Waals surface area contributed by atoms with E-state index in [-0.39, 0.29) is 6.03 Å². The van der Waals surface area contributed by atoms with Gasteiger partial charge in [-0.05, 0) is 57.3 Å². The van der Waals surface area contributed by atoms with Gasteiger partial charge in [-0.15, -0.1) is 0 Å². The molecule has 2 fully saturated rings. The van der Waals surface area contributed by atoms with Gasteiger partial charge >= 0.3 is 6.03 Å². The molecule has 2 heterocycles. The van der Waals surface area contributed by atoms with Gasteiger partial charge in [-0.2, -0.15) is 0 Å². The predicted molar refractivity (Wildman–Crippen MR) is 91.0 cm³/mol. The third-order valence-corrected chi connectivity index (χ3v) is 5.15. The fraction of sp³-hybridized carbons (Fsp3) is 0.556. The maximum atomic E-state index is 12.5. The van der Waals surface area contributed by atoms with Crippen LogP contribution in [-0.4, -0.2) is 54.3 Å². The molecule has 2 amide bonds. The fourth-order valence-corrected chi connectivity index (χ4v) is 3.65. The predicted octanol–water partition coefficient (Wildman–Crippen LogP) is 2.90. The van der Waals surface area contributed by atoms with Crippen molar-refractivity contribution in [1.82, 2.24) is 9.80 Å². The number of nitrogens with one attached hydrogen (secondary N) is 1. The van der Waals surface area contributed by atoms with Crippen LogP contribution in [0.1, 0.15) is 41.6 Å². The first kappa shape index (κ1) is 16.0. The van der Waals surface area contributed by atoms with E-state index in [1.807, 2.05) is 17.9 Å². The number of aldehydes is 1. The summed E-state index contributed by atoms with van der Waals surface area (Å²) in [6, 6.07) is 5.99. The molecule has 1 aromatic carbocycles. The molecule has 3 rings (SSSR count). The second-order valence-electron chi connectivity index (χ2n) is 6.53. The Hall–Kier alpha value is -1.88. The summed E-state index contributed by atoms with van der Waals surface area (Å²) in [5.41, 5.74) is 2.17. The Morgan fingerprint density at radius 2 is 1.87 bits per heavy atom. The number of amides is 2. The highest BCUT2D eigenvalue weighted by Crippen LogP contribution is 2.22. The van der Waals surface area contributed by atoms with Crippen molar-refractivity contribution in [2.45, 2.75) is 38.6 Å². The largest absolute Gasteiger partial charge is 0.324 e. The lowest BCUT2D eigenvalue weighted by molar-refractivity contribution is 0.112. The van der Waals surface area contributed by atoms with Crippen molar-refractivity contribution in [2.24, 2.45) is 0 Å². The van der Waals surface area contributed by atoms with Crippen molar-refractivity contribution in [1.29, 1.82) is 0 Å². The number of nitrogens with zero attached hydrogens (tertiary/aromatic N) is 2. The maximum Gasteiger partial charge on any atom is 0.321 e. The lowest BCUT2D eigenvalue weighted by Gasteiger charge is -2.36. The minimum Gasteiger partial charge on any atom is -0.324 e. The van der Waals surface area contributed by atoms with E-state index in [0.717, 1.165) is 43.5 Å². The molecular weight excluding hydrogens is 290 g/mol. The number of piperidine rings is 1. The molecule has 0 spiro atoms. The number of likely N-dealkylation sites (tertiary alicyclic amines) is 2. The van der Waals surface area contributed by atoms with E-state index < -0.39 is 0 Å². The molecule has 2 aliphatic rings. The van der Waals surface area contributed by atoms with Gasteiger partial charge in [0, 0.05) is 30.4 Å². The molecule has 0 unspecified atom stereocenters. The summed E-state index contributed by atoms with van der Waals surface area (Å²) in [6.45, 7) is 5.90. The number of rotatable bonds is 3. The number of anilines is 1. The van der Waals surface area contributed by atoms with E-state index in [9.17, 15) is 9.59 Å². The number of carbonyl (C=O) groups excluding carboxylic acids is 2. The molecule has 1 aromatic rings. The fourth-order valence-electron chi connectivity index (χ4n) is 3.65. The smallest absolute Gasteiger partial charge is 0.321 e. The molecule has 0 radical (unpaired) electrons. The minimum atomic E-state index is -0.0592. The average Bonchev–Trinajstić information content (AvgIpc) is 3.11. The Kier molecular flexibility index (Phi) is 4.96. The normalized spacial score (nSPS) is 19.8. The zero-order valence-corrected chi connectivity index (χ0v) is 13.8. The number of urea groups is 1. The van der Waals surface area contributed by atoms with E-state index in [4.69, 9.17) is 0 Å². The summed E-state index contributed by atoms with van der Waals surface area (Å²) in [7, 11) is 0. The second-order valence-corrected chi connectivity index (χ2v) is 6.53. The molecule has 2 aliphatic heterocycles. The molecule has 5 nitrogen and oxygen atoms in total. The first-order chi connectivity index (χ1) is 11.2. The summed E-state index contributed by atoms with van der Waals surface area (Å²) in [4.78, 5) is 27.9. The van der Waals surface area contributed by atoms with Crippen LogP contribution < -0.4 is 5.32 Å². The Labute approximate surface area is 137 Å². The first-order valence-electron chi connectivity index (χ1n) is 8.54. The quantitative estimate of drug-likeness (QED) is 0.873. The lowest BCUT2D eigenvalue weighted by atomic mass is 10.0. The van der Waals surface area contributed by atoms with Crippen LogP contribution in [0.25, 0.3) is 0 Å². The standard InChI is InChI=1S/C18H25N3O2/c1-14-15(13-22)5-4-6-17(14)19-18(23)21-11-7-16(8-12-21)20-9-2-3-10-20/h4-6,13,16H,2-3,7-12H2,1H3,(H,19,23). The number of benzene rings is 1. The Morgan fingerprint density at radius 1 is 1.17 bits per heavy atom. The molecule has 0 saturated carbocycles. The summed E-state index contributed by atoms with van der Waals surface area (Å²) in [5.74, 6) is 0. The third kappa shape index (κ3) is 3.55. The average molecular weight is 315 g/mol. The van der Waals surface area contributed by atoms with Crippen molar-refractivity contribution in [3.63, 3.8) is 0 Å². The van der Waals surface area contributed by atoms with Gasteiger partial charge in [-0.1, -0.05) is 12.1 Å². The second kappa shape index (κ2) is 7.13. The SMILES string of the molecule is Cc1c(C=O)cccc1NC(=O)N1CCC(N2CCCC2)CC1. The van der Waals surface area contributed by atoms with Gasteiger partial charge < -0.3 is 15.1 Å². The van der Waals surface area contributed by atoms with Crippen molar-refractivity contribution in [3.05, 3.63) is 29.3 Å². The van der Waals surface area contributed by atoms with E-state index in [1.54, 1.807) is 12.1 Å². The topological polar surface area (TPSA) is 52.7 Å². The summed E-state index contributed by atoms with van der Waals surface area (Å²) >= 11 is 0. The van der Waals surface area contributed by atoms with Crippen LogP contribution in [-0.2, 0) is 0 Å². The van der Waals surface area contributed by atoms with Gasteiger partial charge in [0.15, 0.2) is 0 Å². The number of hydrogen-bond donors (Lipinski definition) is 1. The van der Waals surface area contributed by atoms with Crippen LogP contribution in [0, 0.1) is 6.92 Å². The van der Waals surface area contributed by atoms with Crippen molar-refractivity contribution >= 4 is 18.0 Å². The molecule has 0 aromatic heterocycles. The maximum absolute atomic E-state index is 12.5. The monoisotopic (exact) mass is 315 g/mol. The molecule has 23 heavy (non-hydrogen) atoms. The van der Waals surface area contributed by atoms with Gasteiger partial charge in [0.2, 0.25) is 0 Å². The lowest BCUT2D eigenvalue weighted by Crippen LogP contribution is -2.47. The van der Waals surface area contributed by atoms with Crippen molar-refractivity contribution < 1.29 is 9.59 Å². The summed E-state index contributed by atoms with van der Waals surface area (Å²) in [5, 5.41) is 2.95. The van der Waals surface area contributed by atoms with E-state index in [0.29, 0.717) is 11.6 Å². The van der Waals surface area contributed by atoms with E-state index in [2.05, 4.69) is 10.2 Å². The zero-order valence-electron chi connectivity index (χ0n) is 13.8. The van der Waals surface area contributed by atoms with Gasteiger partial charge in [-0.3, -0.25) is 4.79 Å². The zero-order chi connectivity index (χ0) is 16.2. The van der Waals surface area contributed by atoms with Gasteiger partial charge in [0.05, 0.1) is 0 Å². The number of carbonyl (C=O) groups is 2. The van der Waals surface area contributed by atoms with Crippen molar-refractivity contribution in [2.75, 3.05) is 31.5 Å². The van der Waals surface area contributed by atoms with Crippen molar-refractivity contribution in [3.8, 4) is 0 Å². The van der Waals surface area contributed by atoms with Crippen LogP contribution in [0.5, 0.6) is 0 Å². The first-order valence-corrected chi connectivity index (χ1v) is 8.54. The Bertz CT molecular complexity index is 574. The van der Waals surface area contributed by atoms with Gasteiger partial charge in [-0.25, -0.2) is 4.79 Å². The minimum absolute atomic E-state index is 0.0592. The molecule has 0 atom stereocenters. The van der Waals surface area contributed by atoms with E-state index in [1.165, 1.54) is 25.9 Å². The number of hydrogen-bond acceptors (Lipinski definition) is 3. The molecular formula is C18H25N3O2. The van der Waals surface area contributed by atoms with Crippen LogP contribution in [0.2, 0.25) is 0 Å². The third-order valence-electron chi connectivity index (χ3n) is 5.15. The molecule has 5 heteroatoms.